The van der Waals surface area contributed by atoms with Gasteiger partial charge in [-0.1, -0.05) is 19.1 Å². The van der Waals surface area contributed by atoms with Crippen LogP contribution in [0.4, 0.5) is 0 Å². The number of aromatic nitrogens is 3. The van der Waals surface area contributed by atoms with Crippen LogP contribution in [-0.2, 0) is 6.54 Å². The summed E-state index contributed by atoms with van der Waals surface area (Å²) in [6, 6.07) is 6.26. The standard InChI is InChI=1S/C13H17BrN4O/c1-9(2)15-7-11-8-16-17-18(11)10-4-5-12(14)13(6-10)19-3/h4-6,8-9,15H,7H2,1-3H3. The molecule has 6 heteroatoms. The van der Waals surface area contributed by atoms with Crippen molar-refractivity contribution in [2.75, 3.05) is 7.11 Å². The van der Waals surface area contributed by atoms with E-state index >= 15 is 0 Å². The fraction of sp³-hybridized carbons (Fsp3) is 0.385. The molecule has 1 N–H and O–H groups in total. The zero-order valence-corrected chi connectivity index (χ0v) is 12.8. The molecule has 0 amide bonds. The Bertz CT molecular complexity index is 553. The summed E-state index contributed by atoms with van der Waals surface area (Å²) in [5.74, 6) is 0.774. The van der Waals surface area contributed by atoms with E-state index in [0.29, 0.717) is 6.04 Å². The lowest BCUT2D eigenvalue weighted by Gasteiger charge is -2.11. The summed E-state index contributed by atoms with van der Waals surface area (Å²) in [5.41, 5.74) is 1.94. The number of benzene rings is 1. The first-order valence-electron chi connectivity index (χ1n) is 6.08. The van der Waals surface area contributed by atoms with Crippen LogP contribution in [0.3, 0.4) is 0 Å². The summed E-state index contributed by atoms with van der Waals surface area (Å²) in [6.07, 6.45) is 1.77. The second kappa shape index (κ2) is 6.16. The van der Waals surface area contributed by atoms with Crippen LogP contribution in [0.2, 0.25) is 0 Å². The van der Waals surface area contributed by atoms with Gasteiger partial charge >= 0.3 is 0 Å². The number of nitrogens with zero attached hydrogens (tertiary/aromatic N) is 3. The van der Waals surface area contributed by atoms with E-state index in [1.54, 1.807) is 13.3 Å². The van der Waals surface area contributed by atoms with E-state index in [0.717, 1.165) is 28.1 Å². The number of methoxy groups -OCH3 is 1. The lowest BCUT2D eigenvalue weighted by molar-refractivity contribution is 0.411. The fourth-order valence-corrected chi connectivity index (χ4v) is 2.09. The Hall–Kier alpha value is -1.40. The molecular weight excluding hydrogens is 308 g/mol. The SMILES string of the molecule is COc1cc(-n2nncc2CNC(C)C)ccc1Br. The normalized spacial score (nSPS) is 11.0. The molecule has 0 fully saturated rings. The Balaban J connectivity index is 2.29. The van der Waals surface area contributed by atoms with Gasteiger partial charge in [0.25, 0.3) is 0 Å². The Labute approximate surface area is 121 Å². The summed E-state index contributed by atoms with van der Waals surface area (Å²) in [6.45, 7) is 4.94. The minimum Gasteiger partial charge on any atom is -0.495 e. The highest BCUT2D eigenvalue weighted by Gasteiger charge is 2.09. The minimum absolute atomic E-state index is 0.419. The van der Waals surface area contributed by atoms with Crippen LogP contribution in [0.1, 0.15) is 19.5 Å². The van der Waals surface area contributed by atoms with Crippen LogP contribution in [0.5, 0.6) is 5.75 Å². The third-order valence-corrected chi connectivity index (χ3v) is 3.35. The second-order valence-electron chi connectivity index (χ2n) is 4.49. The molecule has 0 unspecified atom stereocenters. The Morgan fingerprint density at radius 1 is 1.42 bits per heavy atom. The van der Waals surface area contributed by atoms with E-state index in [9.17, 15) is 0 Å². The van der Waals surface area contributed by atoms with Crippen molar-refractivity contribution in [2.24, 2.45) is 0 Å². The highest BCUT2D eigenvalue weighted by Crippen LogP contribution is 2.27. The van der Waals surface area contributed by atoms with Gasteiger partial charge in [-0.2, -0.15) is 0 Å². The number of nitrogens with one attached hydrogen (secondary N) is 1. The van der Waals surface area contributed by atoms with Crippen LogP contribution >= 0.6 is 15.9 Å². The van der Waals surface area contributed by atoms with Crippen molar-refractivity contribution in [3.8, 4) is 11.4 Å². The molecule has 0 aliphatic heterocycles. The first-order chi connectivity index (χ1) is 9.11. The van der Waals surface area contributed by atoms with Crippen molar-refractivity contribution in [1.82, 2.24) is 20.3 Å². The van der Waals surface area contributed by atoms with Crippen molar-refractivity contribution in [1.29, 1.82) is 0 Å². The quantitative estimate of drug-likeness (QED) is 0.918. The van der Waals surface area contributed by atoms with E-state index in [4.69, 9.17) is 4.74 Å². The van der Waals surface area contributed by atoms with E-state index in [1.807, 2.05) is 22.9 Å². The van der Waals surface area contributed by atoms with Crippen LogP contribution < -0.4 is 10.1 Å². The predicted octanol–water partition coefficient (Wildman–Crippen LogP) is 2.54. The average Bonchev–Trinajstić information content (AvgIpc) is 2.85. The molecular formula is C13H17BrN4O. The van der Waals surface area contributed by atoms with E-state index in [-0.39, 0.29) is 0 Å². The van der Waals surface area contributed by atoms with Gasteiger partial charge in [0.15, 0.2) is 0 Å². The topological polar surface area (TPSA) is 52.0 Å². The molecule has 0 aliphatic carbocycles. The Morgan fingerprint density at radius 3 is 2.89 bits per heavy atom. The maximum Gasteiger partial charge on any atom is 0.135 e. The molecule has 0 saturated carbocycles. The molecule has 102 valence electrons. The molecule has 1 aromatic heterocycles. The Morgan fingerprint density at radius 2 is 2.21 bits per heavy atom. The number of hydrogen-bond donors (Lipinski definition) is 1. The Kier molecular flexibility index (Phi) is 4.55. The molecule has 0 bridgehead atoms. The van der Waals surface area contributed by atoms with Gasteiger partial charge in [0.1, 0.15) is 5.75 Å². The van der Waals surface area contributed by atoms with Crippen molar-refractivity contribution in [2.45, 2.75) is 26.4 Å². The minimum atomic E-state index is 0.419. The molecule has 0 saturated heterocycles. The van der Waals surface area contributed by atoms with Gasteiger partial charge in [0, 0.05) is 18.7 Å². The number of rotatable bonds is 5. The summed E-state index contributed by atoms with van der Waals surface area (Å²) >= 11 is 3.44. The van der Waals surface area contributed by atoms with E-state index in [2.05, 4.69) is 45.4 Å². The number of halogens is 1. The first kappa shape index (κ1) is 14.0. The monoisotopic (exact) mass is 324 g/mol. The molecule has 5 nitrogen and oxygen atoms in total. The second-order valence-corrected chi connectivity index (χ2v) is 5.35. The average molecular weight is 325 g/mol. The van der Waals surface area contributed by atoms with Crippen molar-refractivity contribution < 1.29 is 4.74 Å². The van der Waals surface area contributed by atoms with Crippen LogP contribution in [-0.4, -0.2) is 28.1 Å². The van der Waals surface area contributed by atoms with Gasteiger partial charge in [-0.15, -0.1) is 5.10 Å². The van der Waals surface area contributed by atoms with Crippen molar-refractivity contribution in [3.63, 3.8) is 0 Å². The lowest BCUT2D eigenvalue weighted by Crippen LogP contribution is -2.23. The molecule has 0 spiro atoms. The largest absolute Gasteiger partial charge is 0.495 e. The predicted molar refractivity (Wildman–Crippen MR) is 77.6 cm³/mol. The van der Waals surface area contributed by atoms with Gasteiger partial charge < -0.3 is 10.1 Å². The van der Waals surface area contributed by atoms with Gasteiger partial charge in [-0.25, -0.2) is 4.68 Å². The molecule has 2 aromatic rings. The van der Waals surface area contributed by atoms with Gasteiger partial charge in [0.05, 0.1) is 29.2 Å². The summed E-state index contributed by atoms with van der Waals surface area (Å²) in [4.78, 5) is 0. The molecule has 0 atom stereocenters. The van der Waals surface area contributed by atoms with E-state index < -0.39 is 0 Å². The molecule has 2 rings (SSSR count). The maximum absolute atomic E-state index is 5.30. The summed E-state index contributed by atoms with van der Waals surface area (Å²) in [5, 5.41) is 11.5. The van der Waals surface area contributed by atoms with Crippen molar-refractivity contribution in [3.05, 3.63) is 34.6 Å². The van der Waals surface area contributed by atoms with E-state index in [1.165, 1.54) is 0 Å². The smallest absolute Gasteiger partial charge is 0.135 e. The molecule has 0 aliphatic rings. The molecule has 1 aromatic carbocycles. The maximum atomic E-state index is 5.30. The third kappa shape index (κ3) is 3.33. The van der Waals surface area contributed by atoms with Gasteiger partial charge in [0.2, 0.25) is 0 Å². The van der Waals surface area contributed by atoms with Crippen LogP contribution in [0, 0.1) is 0 Å². The van der Waals surface area contributed by atoms with Crippen LogP contribution in [0.25, 0.3) is 5.69 Å². The highest BCUT2D eigenvalue weighted by atomic mass is 79.9. The van der Waals surface area contributed by atoms with Gasteiger partial charge in [-0.05, 0) is 28.1 Å². The summed E-state index contributed by atoms with van der Waals surface area (Å²) in [7, 11) is 1.65. The fourth-order valence-electron chi connectivity index (χ4n) is 1.68. The van der Waals surface area contributed by atoms with Gasteiger partial charge in [-0.3, -0.25) is 0 Å². The third-order valence-electron chi connectivity index (χ3n) is 2.69. The number of hydrogen-bond acceptors (Lipinski definition) is 4. The zero-order chi connectivity index (χ0) is 13.8. The molecule has 0 radical (unpaired) electrons. The number of ether oxygens (including phenoxy) is 1. The first-order valence-corrected chi connectivity index (χ1v) is 6.88. The molecule has 19 heavy (non-hydrogen) atoms. The summed E-state index contributed by atoms with van der Waals surface area (Å²) < 4.78 is 8.02. The zero-order valence-electron chi connectivity index (χ0n) is 11.2. The van der Waals surface area contributed by atoms with Crippen molar-refractivity contribution >= 4 is 15.9 Å². The lowest BCUT2D eigenvalue weighted by atomic mass is 10.3. The molecule has 1 heterocycles. The van der Waals surface area contributed by atoms with Crippen LogP contribution in [0.15, 0.2) is 28.9 Å². The highest BCUT2D eigenvalue weighted by molar-refractivity contribution is 9.10.